The number of sulfonamides is 1. The van der Waals surface area contributed by atoms with Crippen molar-refractivity contribution in [2.45, 2.75) is 31.1 Å². The van der Waals surface area contributed by atoms with E-state index >= 15 is 0 Å². The molecule has 2 rings (SSSR count). The first-order valence-corrected chi connectivity index (χ1v) is 10.5. The van der Waals surface area contributed by atoms with Crippen molar-refractivity contribution in [3.05, 3.63) is 58.1 Å². The Morgan fingerprint density at radius 2 is 1.86 bits per heavy atom. The number of hydrogen-bond donors (Lipinski definition) is 2. The molecule has 0 unspecified atom stereocenters. The maximum atomic E-state index is 12.3. The number of carbonyl (C=O) groups excluding carboxylic acids is 1. The van der Waals surface area contributed by atoms with Crippen LogP contribution in [0.2, 0.25) is 0 Å². The normalized spacial score (nSPS) is 11.1. The third kappa shape index (κ3) is 6.26. The van der Waals surface area contributed by atoms with E-state index in [1.807, 2.05) is 12.1 Å². The topological polar surface area (TPSA) is 128 Å². The Kier molecular flexibility index (Phi) is 7.68. The fourth-order valence-electron chi connectivity index (χ4n) is 2.63. The van der Waals surface area contributed by atoms with Gasteiger partial charge in [-0.15, -0.1) is 0 Å². The number of aryl methyl sites for hydroxylation is 1. The molecule has 0 spiro atoms. The van der Waals surface area contributed by atoms with Crippen molar-refractivity contribution in [2.24, 2.45) is 0 Å². The largest absolute Gasteiger partial charge is 0.490 e. The van der Waals surface area contributed by atoms with Crippen LogP contribution in [0.4, 0.5) is 11.4 Å². The summed E-state index contributed by atoms with van der Waals surface area (Å²) in [7, 11) is -2.76. The lowest BCUT2D eigenvalue weighted by Crippen LogP contribution is -2.28. The molecule has 0 saturated carbocycles. The zero-order chi connectivity index (χ0) is 21.4. The lowest BCUT2D eigenvalue weighted by Gasteiger charge is -2.09. The number of carbonyl (C=O) groups is 1. The summed E-state index contributed by atoms with van der Waals surface area (Å²) in [5.41, 5.74) is 1.34. The van der Waals surface area contributed by atoms with Crippen molar-refractivity contribution in [1.82, 2.24) is 4.72 Å². The Morgan fingerprint density at radius 3 is 2.45 bits per heavy atom. The molecular formula is C19H23N3O6S. The molecule has 2 N–H and O–H groups in total. The van der Waals surface area contributed by atoms with Gasteiger partial charge in [0, 0.05) is 24.7 Å². The van der Waals surface area contributed by atoms with Gasteiger partial charge in [0.2, 0.25) is 15.9 Å². The van der Waals surface area contributed by atoms with Crippen molar-refractivity contribution < 1.29 is 22.9 Å². The van der Waals surface area contributed by atoms with Crippen molar-refractivity contribution in [2.75, 3.05) is 19.0 Å². The van der Waals surface area contributed by atoms with Crippen LogP contribution in [0.1, 0.15) is 25.3 Å². The highest BCUT2D eigenvalue weighted by Crippen LogP contribution is 2.29. The number of rotatable bonds is 10. The second-order valence-electron chi connectivity index (χ2n) is 6.23. The van der Waals surface area contributed by atoms with Crippen molar-refractivity contribution in [1.29, 1.82) is 0 Å². The molecule has 10 heteroatoms. The molecular weight excluding hydrogens is 398 g/mol. The van der Waals surface area contributed by atoms with Crippen molar-refractivity contribution in [3.8, 4) is 5.75 Å². The number of ether oxygens (including phenoxy) is 1. The molecule has 9 nitrogen and oxygen atoms in total. The molecule has 0 fully saturated rings. The minimum Gasteiger partial charge on any atom is -0.490 e. The van der Waals surface area contributed by atoms with Gasteiger partial charge < -0.3 is 10.1 Å². The van der Waals surface area contributed by atoms with Crippen LogP contribution in [0, 0.1) is 10.1 Å². The van der Waals surface area contributed by atoms with E-state index in [9.17, 15) is 23.3 Å². The van der Waals surface area contributed by atoms with Gasteiger partial charge in [0.25, 0.3) is 0 Å². The summed E-state index contributed by atoms with van der Waals surface area (Å²) in [6, 6.07) is 10.8. The van der Waals surface area contributed by atoms with Crippen LogP contribution in [-0.4, -0.2) is 32.9 Å². The number of amides is 1. The van der Waals surface area contributed by atoms with E-state index in [4.69, 9.17) is 4.74 Å². The molecule has 2 aromatic rings. The summed E-state index contributed by atoms with van der Waals surface area (Å²) in [6.45, 7) is 1.93. The summed E-state index contributed by atoms with van der Waals surface area (Å²) < 4.78 is 31.8. The molecule has 0 aliphatic heterocycles. The third-order valence-corrected chi connectivity index (χ3v) is 5.54. The zero-order valence-corrected chi connectivity index (χ0v) is 17.0. The second-order valence-corrected chi connectivity index (χ2v) is 8.00. The summed E-state index contributed by atoms with van der Waals surface area (Å²) in [5.74, 6) is -0.394. The molecule has 0 bridgehead atoms. The lowest BCUT2D eigenvalue weighted by molar-refractivity contribution is -0.386. The first kappa shape index (κ1) is 22.3. The number of nitro groups is 1. The summed E-state index contributed by atoms with van der Waals surface area (Å²) >= 11 is 0. The number of nitro benzene ring substituents is 1. The third-order valence-electron chi connectivity index (χ3n) is 4.08. The van der Waals surface area contributed by atoms with E-state index < -0.39 is 20.6 Å². The molecule has 0 radical (unpaired) electrons. The minimum absolute atomic E-state index is 0.0433. The van der Waals surface area contributed by atoms with E-state index in [1.54, 1.807) is 12.1 Å². The summed E-state index contributed by atoms with van der Waals surface area (Å²) in [5, 5.41) is 13.7. The van der Waals surface area contributed by atoms with Crippen molar-refractivity contribution >= 4 is 27.3 Å². The van der Waals surface area contributed by atoms with Gasteiger partial charge in [0.05, 0.1) is 16.9 Å². The van der Waals surface area contributed by atoms with Crippen LogP contribution in [0.25, 0.3) is 0 Å². The van der Waals surface area contributed by atoms with Gasteiger partial charge in [-0.05, 0) is 36.2 Å². The number of hydrogen-bond acceptors (Lipinski definition) is 6. The van der Waals surface area contributed by atoms with Crippen LogP contribution in [-0.2, 0) is 21.2 Å². The molecule has 0 atom stereocenters. The zero-order valence-electron chi connectivity index (χ0n) is 16.2. The molecule has 1 amide bonds. The summed E-state index contributed by atoms with van der Waals surface area (Å²) in [6.07, 6.45) is 1.90. The maximum Gasteiger partial charge on any atom is 0.312 e. The van der Waals surface area contributed by atoms with Gasteiger partial charge in [-0.3, -0.25) is 14.9 Å². The van der Waals surface area contributed by atoms with E-state index in [0.29, 0.717) is 5.69 Å². The number of nitrogens with zero attached hydrogens (tertiary/aromatic N) is 1. The number of nitrogens with one attached hydrogen (secondary N) is 2. The average Bonchev–Trinajstić information content (AvgIpc) is 2.69. The van der Waals surface area contributed by atoms with Crippen LogP contribution in [0.3, 0.4) is 0 Å². The standard InChI is InChI=1S/C19H23N3O6S/c1-3-4-14-5-7-15(8-6-14)21-19(23)11-12-20-29(26,27)16-9-10-18(28-2)17(13-16)22(24)25/h5-10,13,20H,3-4,11-12H2,1-2H3,(H,21,23). The molecule has 156 valence electrons. The van der Waals surface area contributed by atoms with Gasteiger partial charge in [-0.2, -0.15) is 0 Å². The molecule has 2 aromatic carbocycles. The average molecular weight is 421 g/mol. The van der Waals surface area contributed by atoms with E-state index in [0.717, 1.165) is 18.9 Å². The molecule has 0 aliphatic rings. The predicted molar refractivity (Wildman–Crippen MR) is 109 cm³/mol. The lowest BCUT2D eigenvalue weighted by atomic mass is 10.1. The highest BCUT2D eigenvalue weighted by Gasteiger charge is 2.22. The Balaban J connectivity index is 1.94. The second kappa shape index (κ2) is 9.99. The van der Waals surface area contributed by atoms with E-state index in [1.165, 1.54) is 24.8 Å². The first-order valence-electron chi connectivity index (χ1n) is 8.97. The van der Waals surface area contributed by atoms with Crippen LogP contribution in [0.5, 0.6) is 5.75 Å². The molecule has 29 heavy (non-hydrogen) atoms. The van der Waals surface area contributed by atoms with Gasteiger partial charge in [-0.1, -0.05) is 25.5 Å². The Bertz CT molecular complexity index is 974. The molecule has 0 aromatic heterocycles. The van der Waals surface area contributed by atoms with Gasteiger partial charge in [-0.25, -0.2) is 13.1 Å². The summed E-state index contributed by atoms with van der Waals surface area (Å²) in [4.78, 5) is 22.1. The highest BCUT2D eigenvalue weighted by atomic mass is 32.2. The van der Waals surface area contributed by atoms with E-state index in [-0.39, 0.29) is 29.5 Å². The highest BCUT2D eigenvalue weighted by molar-refractivity contribution is 7.89. The Morgan fingerprint density at radius 1 is 1.17 bits per heavy atom. The van der Waals surface area contributed by atoms with Crippen LogP contribution in [0.15, 0.2) is 47.4 Å². The number of methoxy groups -OCH3 is 1. The quantitative estimate of drug-likeness (QED) is 0.448. The van der Waals surface area contributed by atoms with Crippen LogP contribution < -0.4 is 14.8 Å². The number of benzene rings is 2. The smallest absolute Gasteiger partial charge is 0.312 e. The first-order chi connectivity index (χ1) is 13.8. The molecule has 0 heterocycles. The SMILES string of the molecule is CCCc1ccc(NC(=O)CCNS(=O)(=O)c2ccc(OC)c([N+](=O)[O-])c2)cc1. The van der Waals surface area contributed by atoms with Crippen molar-refractivity contribution in [3.63, 3.8) is 0 Å². The Labute approximate surface area is 169 Å². The van der Waals surface area contributed by atoms with E-state index in [2.05, 4.69) is 17.0 Å². The van der Waals surface area contributed by atoms with Gasteiger partial charge in [0.1, 0.15) is 0 Å². The fourth-order valence-corrected chi connectivity index (χ4v) is 3.68. The van der Waals surface area contributed by atoms with Gasteiger partial charge in [0.15, 0.2) is 5.75 Å². The molecule has 0 aliphatic carbocycles. The fraction of sp³-hybridized carbons (Fsp3) is 0.316. The monoisotopic (exact) mass is 421 g/mol. The minimum atomic E-state index is -4.01. The number of anilines is 1. The molecule has 0 saturated heterocycles. The maximum absolute atomic E-state index is 12.3. The Hall–Kier alpha value is -2.98. The predicted octanol–water partition coefficient (Wildman–Crippen LogP) is 2.86. The van der Waals surface area contributed by atoms with Gasteiger partial charge >= 0.3 is 5.69 Å². The van der Waals surface area contributed by atoms with Crippen LogP contribution >= 0.6 is 0 Å².